The second kappa shape index (κ2) is 5.71. The van der Waals surface area contributed by atoms with Gasteiger partial charge in [0.15, 0.2) is 9.84 Å². The van der Waals surface area contributed by atoms with Crippen molar-refractivity contribution in [1.29, 1.82) is 0 Å². The van der Waals surface area contributed by atoms with Gasteiger partial charge in [-0.05, 0) is 19.1 Å². The molecule has 6 heteroatoms. The lowest BCUT2D eigenvalue weighted by molar-refractivity contribution is -0.118. The maximum atomic E-state index is 12.0. The van der Waals surface area contributed by atoms with E-state index < -0.39 is 21.5 Å². The number of Topliss-reactive ketones (excluding diaryl/α,β-unsaturated/α-hetero) is 1. The molecule has 5 nitrogen and oxygen atoms in total. The summed E-state index contributed by atoms with van der Waals surface area (Å²) in [4.78, 5) is 14.1. The van der Waals surface area contributed by atoms with Crippen LogP contribution in [0, 0.1) is 12.8 Å². The zero-order valence-corrected chi connectivity index (χ0v) is 11.0. The van der Waals surface area contributed by atoms with Crippen LogP contribution in [-0.2, 0) is 14.6 Å². The Kier molecular flexibility index (Phi) is 4.53. The first-order chi connectivity index (χ1) is 8.36. The first-order valence-electron chi connectivity index (χ1n) is 5.37. The van der Waals surface area contributed by atoms with E-state index in [2.05, 4.69) is 4.79 Å². The third-order valence-corrected chi connectivity index (χ3v) is 4.45. The van der Waals surface area contributed by atoms with Gasteiger partial charge in [-0.3, -0.25) is 4.79 Å². The fraction of sp³-hybridized carbons (Fsp3) is 0.333. The number of hydrogen-bond acceptors (Lipinski definition) is 3. The van der Waals surface area contributed by atoms with Crippen molar-refractivity contribution >= 4 is 21.8 Å². The smallest absolute Gasteiger partial charge is 0.323 e. The molecule has 1 atom stereocenters. The molecular weight excluding hydrogens is 252 g/mol. The average Bonchev–Trinajstić information content (AvgIpc) is 2.29. The van der Waals surface area contributed by atoms with E-state index in [1.807, 2.05) is 6.92 Å². The molecule has 0 N–H and O–H groups in total. The van der Waals surface area contributed by atoms with Crippen LogP contribution in [0.25, 0.3) is 5.53 Å². The fourth-order valence-electron chi connectivity index (χ4n) is 1.44. The van der Waals surface area contributed by atoms with Gasteiger partial charge < -0.3 is 5.53 Å². The van der Waals surface area contributed by atoms with Gasteiger partial charge in [0.05, 0.1) is 10.6 Å². The second-order valence-electron chi connectivity index (χ2n) is 4.14. The molecule has 0 heterocycles. The van der Waals surface area contributed by atoms with Crippen molar-refractivity contribution in [3.8, 4) is 0 Å². The molecule has 0 saturated heterocycles. The third-order valence-electron chi connectivity index (χ3n) is 2.52. The van der Waals surface area contributed by atoms with Gasteiger partial charge in [-0.2, -0.15) is 4.79 Å². The predicted molar refractivity (Wildman–Crippen MR) is 67.1 cm³/mol. The van der Waals surface area contributed by atoms with Gasteiger partial charge in [0, 0.05) is 5.92 Å². The third kappa shape index (κ3) is 3.61. The standard InChI is InChI=1S/C12H14N2O3S/c1-9-3-5-11(6-4-9)18(16,17)8-10(2)12(15)7-14-13/h3-7,10H,8H2,1-2H3. The number of rotatable bonds is 5. The van der Waals surface area contributed by atoms with Gasteiger partial charge in [0.2, 0.25) is 5.78 Å². The molecule has 1 aromatic rings. The zero-order valence-electron chi connectivity index (χ0n) is 10.2. The van der Waals surface area contributed by atoms with E-state index in [9.17, 15) is 13.2 Å². The van der Waals surface area contributed by atoms with Gasteiger partial charge in [0.25, 0.3) is 0 Å². The van der Waals surface area contributed by atoms with Crippen LogP contribution in [0.2, 0.25) is 0 Å². The Hall–Kier alpha value is -1.78. The molecule has 0 aliphatic rings. The van der Waals surface area contributed by atoms with Crippen molar-refractivity contribution in [3.05, 3.63) is 35.4 Å². The molecule has 96 valence electrons. The topological polar surface area (TPSA) is 87.6 Å². The van der Waals surface area contributed by atoms with Crippen LogP contribution in [0.15, 0.2) is 29.2 Å². The van der Waals surface area contributed by atoms with E-state index in [1.165, 1.54) is 19.1 Å². The number of hydrogen-bond donors (Lipinski definition) is 0. The van der Waals surface area contributed by atoms with Crippen molar-refractivity contribution in [3.63, 3.8) is 0 Å². The summed E-state index contributed by atoms with van der Waals surface area (Å²) in [5.41, 5.74) is 9.19. The largest absolute Gasteiger partial charge is 0.361 e. The van der Waals surface area contributed by atoms with Crippen LogP contribution in [-0.4, -0.2) is 31.0 Å². The first-order valence-corrected chi connectivity index (χ1v) is 7.03. The summed E-state index contributed by atoms with van der Waals surface area (Å²) in [6, 6.07) is 6.44. The van der Waals surface area contributed by atoms with Gasteiger partial charge in [0.1, 0.15) is 0 Å². The zero-order chi connectivity index (χ0) is 13.8. The summed E-state index contributed by atoms with van der Waals surface area (Å²) in [5.74, 6) is -1.57. The number of carbonyl (C=O) groups excluding carboxylic acids is 1. The van der Waals surface area contributed by atoms with Crippen molar-refractivity contribution in [1.82, 2.24) is 0 Å². The molecule has 0 aliphatic heterocycles. The van der Waals surface area contributed by atoms with E-state index in [4.69, 9.17) is 5.53 Å². The molecule has 0 spiro atoms. The van der Waals surface area contributed by atoms with Crippen LogP contribution in [0.1, 0.15) is 12.5 Å². The summed E-state index contributed by atoms with van der Waals surface area (Å²) in [5, 5.41) is 0. The van der Waals surface area contributed by atoms with E-state index in [0.29, 0.717) is 0 Å². The summed E-state index contributed by atoms with van der Waals surface area (Å²) < 4.78 is 24.0. The Morgan fingerprint density at radius 3 is 2.44 bits per heavy atom. The minimum absolute atomic E-state index is 0.189. The number of nitrogens with zero attached hydrogens (tertiary/aromatic N) is 2. The highest BCUT2D eigenvalue weighted by atomic mass is 32.2. The molecular formula is C12H14N2O3S. The van der Waals surface area contributed by atoms with Crippen molar-refractivity contribution in [2.45, 2.75) is 18.7 Å². The summed E-state index contributed by atoms with van der Waals surface area (Å²) >= 11 is 0. The van der Waals surface area contributed by atoms with Gasteiger partial charge in [-0.1, -0.05) is 24.6 Å². The van der Waals surface area contributed by atoms with E-state index >= 15 is 0 Å². The maximum absolute atomic E-state index is 12.0. The van der Waals surface area contributed by atoms with Crippen LogP contribution < -0.4 is 0 Å². The number of aryl methyl sites for hydroxylation is 1. The van der Waals surface area contributed by atoms with E-state index in [0.717, 1.165) is 11.8 Å². The Morgan fingerprint density at radius 2 is 1.94 bits per heavy atom. The van der Waals surface area contributed by atoms with Crippen LogP contribution in [0.4, 0.5) is 0 Å². The minimum Gasteiger partial charge on any atom is -0.361 e. The SMILES string of the molecule is Cc1ccc(S(=O)(=O)CC(C)C(=O)C=[N+]=[N-])cc1. The highest BCUT2D eigenvalue weighted by Gasteiger charge is 2.23. The lowest BCUT2D eigenvalue weighted by Gasteiger charge is -2.07. The Bertz CT molecular complexity index is 584. The molecule has 0 bridgehead atoms. The molecule has 0 aromatic heterocycles. The first kappa shape index (κ1) is 14.3. The molecule has 1 rings (SSSR count). The minimum atomic E-state index is -3.50. The molecule has 0 fully saturated rings. The summed E-state index contributed by atoms with van der Waals surface area (Å²) in [7, 11) is -3.50. The maximum Gasteiger partial charge on any atom is 0.323 e. The number of sulfone groups is 1. The molecule has 0 aliphatic carbocycles. The predicted octanol–water partition coefficient (Wildman–Crippen LogP) is 1.27. The Morgan fingerprint density at radius 1 is 1.39 bits per heavy atom. The molecule has 18 heavy (non-hydrogen) atoms. The lowest BCUT2D eigenvalue weighted by Crippen LogP contribution is -2.22. The van der Waals surface area contributed by atoms with E-state index in [1.54, 1.807) is 12.1 Å². The quantitative estimate of drug-likeness (QED) is 0.457. The molecule has 1 unspecified atom stereocenters. The van der Waals surface area contributed by atoms with Crippen LogP contribution in [0.5, 0.6) is 0 Å². The highest BCUT2D eigenvalue weighted by Crippen LogP contribution is 2.15. The van der Waals surface area contributed by atoms with E-state index in [-0.39, 0.29) is 10.6 Å². The Labute approximate surface area is 106 Å². The van der Waals surface area contributed by atoms with Gasteiger partial charge in [-0.15, -0.1) is 0 Å². The number of ketones is 1. The number of carbonyl (C=O) groups is 1. The molecule has 0 amide bonds. The molecule has 1 aromatic carbocycles. The number of benzene rings is 1. The summed E-state index contributed by atoms with van der Waals surface area (Å²) in [6.07, 6.45) is 0.718. The fourth-order valence-corrected chi connectivity index (χ4v) is 3.00. The Balaban J connectivity index is 2.92. The van der Waals surface area contributed by atoms with Crippen molar-refractivity contribution in [2.24, 2.45) is 5.92 Å². The highest BCUT2D eigenvalue weighted by molar-refractivity contribution is 7.91. The van der Waals surface area contributed by atoms with Crippen molar-refractivity contribution in [2.75, 3.05) is 5.75 Å². The average molecular weight is 266 g/mol. The van der Waals surface area contributed by atoms with Crippen molar-refractivity contribution < 1.29 is 18.0 Å². The molecule has 0 radical (unpaired) electrons. The second-order valence-corrected chi connectivity index (χ2v) is 6.18. The molecule has 0 saturated carbocycles. The van der Waals surface area contributed by atoms with Crippen LogP contribution >= 0.6 is 0 Å². The summed E-state index contributed by atoms with van der Waals surface area (Å²) in [6.45, 7) is 3.34. The lowest BCUT2D eigenvalue weighted by atomic mass is 10.1. The van der Waals surface area contributed by atoms with Gasteiger partial charge in [-0.25, -0.2) is 8.42 Å². The monoisotopic (exact) mass is 266 g/mol. The van der Waals surface area contributed by atoms with Gasteiger partial charge >= 0.3 is 6.21 Å². The normalized spacial score (nSPS) is 12.6. The van der Waals surface area contributed by atoms with Crippen LogP contribution in [0.3, 0.4) is 0 Å².